The molecule has 3 rings (SSSR count). The molecule has 2 heterocycles. The second-order valence-corrected chi connectivity index (χ2v) is 5.71. The molecule has 8 nitrogen and oxygen atoms in total. The molecule has 1 aromatic carbocycles. The van der Waals surface area contributed by atoms with E-state index in [9.17, 15) is 9.90 Å². The van der Waals surface area contributed by atoms with Crippen molar-refractivity contribution in [1.29, 1.82) is 0 Å². The van der Waals surface area contributed by atoms with Crippen LogP contribution in [0.4, 0.5) is 0 Å². The van der Waals surface area contributed by atoms with Gasteiger partial charge in [-0.1, -0.05) is 17.3 Å². The fourth-order valence-corrected chi connectivity index (χ4v) is 2.57. The van der Waals surface area contributed by atoms with Gasteiger partial charge >= 0.3 is 0 Å². The van der Waals surface area contributed by atoms with Gasteiger partial charge < -0.3 is 25.0 Å². The number of amides is 1. The predicted octanol–water partition coefficient (Wildman–Crippen LogP) is 0.267. The molecular weight excluding hydrogens is 312 g/mol. The zero-order valence-corrected chi connectivity index (χ0v) is 13.4. The molecule has 1 aliphatic heterocycles. The van der Waals surface area contributed by atoms with E-state index >= 15 is 0 Å². The molecule has 0 spiro atoms. The Hall–Kier alpha value is -2.45. The van der Waals surface area contributed by atoms with Gasteiger partial charge in [0.1, 0.15) is 5.75 Å². The highest BCUT2D eigenvalue weighted by molar-refractivity contribution is 5.96. The fraction of sp³-hybridized carbons (Fsp3) is 0.438. The number of benzene rings is 1. The van der Waals surface area contributed by atoms with Crippen LogP contribution in [0.2, 0.25) is 0 Å². The Morgan fingerprint density at radius 3 is 3.00 bits per heavy atom. The maximum absolute atomic E-state index is 12.4. The first kappa shape index (κ1) is 16.4. The Kier molecular flexibility index (Phi) is 5.07. The van der Waals surface area contributed by atoms with Crippen molar-refractivity contribution < 1.29 is 19.2 Å². The van der Waals surface area contributed by atoms with E-state index in [1.165, 1.54) is 0 Å². The smallest absolute Gasteiger partial charge is 0.255 e. The molecular formula is C16H20N4O4. The van der Waals surface area contributed by atoms with Gasteiger partial charge in [0.15, 0.2) is 6.61 Å². The molecule has 1 aliphatic rings. The van der Waals surface area contributed by atoms with E-state index in [0.29, 0.717) is 42.7 Å². The van der Waals surface area contributed by atoms with E-state index in [2.05, 4.69) is 20.8 Å². The summed E-state index contributed by atoms with van der Waals surface area (Å²) in [5.74, 6) is 1.10. The molecule has 2 atom stereocenters. The second-order valence-electron chi connectivity index (χ2n) is 5.71. The number of ether oxygens (including phenoxy) is 1. The van der Waals surface area contributed by atoms with Gasteiger partial charge in [0, 0.05) is 32.5 Å². The minimum Gasteiger partial charge on any atom is -0.485 e. The molecule has 2 aromatic rings. The van der Waals surface area contributed by atoms with E-state index in [1.807, 2.05) is 0 Å². The van der Waals surface area contributed by atoms with E-state index in [0.717, 1.165) is 0 Å². The number of hydrogen-bond acceptors (Lipinski definition) is 7. The van der Waals surface area contributed by atoms with Gasteiger partial charge in [-0.2, -0.15) is 4.98 Å². The van der Waals surface area contributed by atoms with E-state index < -0.39 is 6.10 Å². The quantitative estimate of drug-likeness (QED) is 0.696. The summed E-state index contributed by atoms with van der Waals surface area (Å²) in [7, 11) is 0. The van der Waals surface area contributed by atoms with Crippen LogP contribution in [0.25, 0.3) is 0 Å². The van der Waals surface area contributed by atoms with Gasteiger partial charge in [-0.25, -0.2) is 0 Å². The molecule has 1 saturated heterocycles. The minimum atomic E-state index is -0.432. The third-order valence-electron chi connectivity index (χ3n) is 3.89. The van der Waals surface area contributed by atoms with Crippen LogP contribution in [0, 0.1) is 12.8 Å². The summed E-state index contributed by atoms with van der Waals surface area (Å²) < 4.78 is 10.5. The first-order valence-corrected chi connectivity index (χ1v) is 7.81. The van der Waals surface area contributed by atoms with Crippen molar-refractivity contribution in [3.8, 4) is 5.75 Å². The first-order chi connectivity index (χ1) is 11.6. The molecule has 2 unspecified atom stereocenters. The fourth-order valence-electron chi connectivity index (χ4n) is 2.57. The zero-order valence-electron chi connectivity index (χ0n) is 13.4. The van der Waals surface area contributed by atoms with E-state index in [1.54, 1.807) is 31.2 Å². The highest BCUT2D eigenvalue weighted by Gasteiger charge is 2.25. The molecule has 1 amide bonds. The third kappa shape index (κ3) is 3.90. The van der Waals surface area contributed by atoms with Gasteiger partial charge in [0.05, 0.1) is 11.7 Å². The zero-order chi connectivity index (χ0) is 16.9. The normalized spacial score (nSPS) is 20.1. The Morgan fingerprint density at radius 2 is 2.29 bits per heavy atom. The molecule has 128 valence electrons. The summed E-state index contributed by atoms with van der Waals surface area (Å²) in [6.45, 7) is 3.48. The summed E-state index contributed by atoms with van der Waals surface area (Å²) in [4.78, 5) is 16.5. The highest BCUT2D eigenvalue weighted by atomic mass is 16.5. The Morgan fingerprint density at radius 1 is 1.46 bits per heavy atom. The lowest BCUT2D eigenvalue weighted by Crippen LogP contribution is -2.34. The number of rotatable bonds is 6. The number of hydrogen-bond donors (Lipinski definition) is 3. The monoisotopic (exact) mass is 332 g/mol. The van der Waals surface area contributed by atoms with Crippen LogP contribution in [0.5, 0.6) is 5.75 Å². The number of carbonyl (C=O) groups excluding carboxylic acids is 1. The summed E-state index contributed by atoms with van der Waals surface area (Å²) in [5.41, 5.74) is 0.429. The van der Waals surface area contributed by atoms with Gasteiger partial charge in [-0.3, -0.25) is 4.79 Å². The lowest BCUT2D eigenvalue weighted by Gasteiger charge is -2.15. The van der Waals surface area contributed by atoms with Crippen molar-refractivity contribution in [2.45, 2.75) is 19.6 Å². The van der Waals surface area contributed by atoms with Crippen molar-refractivity contribution in [3.63, 3.8) is 0 Å². The van der Waals surface area contributed by atoms with Crippen molar-refractivity contribution in [2.75, 3.05) is 19.6 Å². The maximum Gasteiger partial charge on any atom is 0.255 e. The molecule has 0 saturated carbocycles. The molecule has 0 bridgehead atoms. The number of aliphatic hydroxyl groups is 1. The van der Waals surface area contributed by atoms with E-state index in [4.69, 9.17) is 9.26 Å². The number of β-amino-alcohol motifs (C(OH)–C–C–N with tert-alkyl or cyclic N) is 1. The van der Waals surface area contributed by atoms with Gasteiger partial charge in [-0.15, -0.1) is 0 Å². The van der Waals surface area contributed by atoms with Crippen LogP contribution < -0.4 is 15.4 Å². The first-order valence-electron chi connectivity index (χ1n) is 7.81. The summed E-state index contributed by atoms with van der Waals surface area (Å²) in [5, 5.41) is 19.5. The molecule has 1 aromatic heterocycles. The average Bonchev–Trinajstić information content (AvgIpc) is 3.19. The molecule has 0 aliphatic carbocycles. The summed E-state index contributed by atoms with van der Waals surface area (Å²) in [6, 6.07) is 6.97. The Labute approximate surface area is 139 Å². The maximum atomic E-state index is 12.4. The molecule has 0 radical (unpaired) electrons. The molecule has 3 N–H and O–H groups in total. The van der Waals surface area contributed by atoms with Gasteiger partial charge in [0.25, 0.3) is 5.91 Å². The standard InChI is InChI=1S/C16H20N4O4/c1-10-19-15(20-24-10)9-23-14-5-3-2-4-12(14)16(22)18-7-11-6-17-8-13(11)21/h2-5,11,13,17,21H,6-9H2,1H3,(H,18,22). The third-order valence-corrected chi connectivity index (χ3v) is 3.89. The Balaban J connectivity index is 1.61. The van der Waals surface area contributed by atoms with Crippen LogP contribution in [-0.2, 0) is 6.61 Å². The van der Waals surface area contributed by atoms with Crippen molar-refractivity contribution in [1.82, 2.24) is 20.8 Å². The number of nitrogens with one attached hydrogen (secondary N) is 2. The van der Waals surface area contributed by atoms with Gasteiger partial charge in [0.2, 0.25) is 11.7 Å². The average molecular weight is 332 g/mol. The summed E-state index contributed by atoms with van der Waals surface area (Å²) in [6.07, 6.45) is -0.432. The summed E-state index contributed by atoms with van der Waals surface area (Å²) >= 11 is 0. The van der Waals surface area contributed by atoms with Crippen LogP contribution in [0.15, 0.2) is 28.8 Å². The predicted molar refractivity (Wildman–Crippen MR) is 84.5 cm³/mol. The Bertz CT molecular complexity index is 703. The number of nitrogens with zero attached hydrogens (tertiary/aromatic N) is 2. The van der Waals surface area contributed by atoms with Crippen molar-refractivity contribution >= 4 is 5.91 Å². The molecule has 1 fully saturated rings. The number of aromatic nitrogens is 2. The number of carbonyl (C=O) groups is 1. The van der Waals surface area contributed by atoms with Crippen LogP contribution in [-0.4, -0.2) is 46.9 Å². The number of para-hydroxylation sites is 1. The van der Waals surface area contributed by atoms with Crippen molar-refractivity contribution in [2.24, 2.45) is 5.92 Å². The van der Waals surface area contributed by atoms with Crippen LogP contribution in [0.3, 0.4) is 0 Å². The lowest BCUT2D eigenvalue weighted by atomic mass is 10.1. The highest BCUT2D eigenvalue weighted by Crippen LogP contribution is 2.19. The van der Waals surface area contributed by atoms with Crippen molar-refractivity contribution in [3.05, 3.63) is 41.5 Å². The lowest BCUT2D eigenvalue weighted by molar-refractivity contribution is 0.0922. The molecule has 24 heavy (non-hydrogen) atoms. The minimum absolute atomic E-state index is 0.0179. The number of aliphatic hydroxyl groups excluding tert-OH is 1. The number of aryl methyl sites for hydroxylation is 1. The second kappa shape index (κ2) is 7.41. The van der Waals surface area contributed by atoms with E-state index in [-0.39, 0.29) is 18.4 Å². The van der Waals surface area contributed by atoms with Crippen LogP contribution in [0.1, 0.15) is 22.1 Å². The SMILES string of the molecule is Cc1nc(COc2ccccc2C(=O)NCC2CNCC2O)no1. The van der Waals surface area contributed by atoms with Gasteiger partial charge in [-0.05, 0) is 12.1 Å². The molecule has 8 heteroatoms. The largest absolute Gasteiger partial charge is 0.485 e. The topological polar surface area (TPSA) is 110 Å². The van der Waals surface area contributed by atoms with Crippen LogP contribution >= 0.6 is 0 Å².